The smallest absolute Gasteiger partial charge is 0.373 e. The largest absolute Gasteiger partial charge is 0.465 e. The van der Waals surface area contributed by atoms with Crippen molar-refractivity contribution in [3.63, 3.8) is 0 Å². The number of ether oxygens (including phenoxy) is 4. The van der Waals surface area contributed by atoms with Crippen LogP contribution >= 0.6 is 0 Å². The van der Waals surface area contributed by atoms with Crippen LogP contribution in [0, 0.1) is 5.92 Å². The molecule has 2 aromatic carbocycles. The van der Waals surface area contributed by atoms with Crippen LogP contribution in [0.1, 0.15) is 68.9 Å². The van der Waals surface area contributed by atoms with E-state index in [1.807, 2.05) is 48.5 Å². The Morgan fingerprint density at radius 3 is 1.72 bits per heavy atom. The summed E-state index contributed by atoms with van der Waals surface area (Å²) in [5.74, 6) is -0.820. The van der Waals surface area contributed by atoms with Gasteiger partial charge >= 0.3 is 11.9 Å². The van der Waals surface area contributed by atoms with Gasteiger partial charge in [0.15, 0.2) is 0 Å². The number of carbonyl (C=O) groups is 2. The molecule has 0 saturated heterocycles. The topological polar surface area (TPSA) is 71.1 Å². The minimum absolute atomic E-state index is 0.0131. The number of hydrogen-bond acceptors (Lipinski definition) is 6. The fourth-order valence-corrected chi connectivity index (χ4v) is 24.6. The van der Waals surface area contributed by atoms with Crippen LogP contribution in [-0.2, 0) is 30.3 Å². The molecule has 0 N–H and O–H groups in total. The van der Waals surface area contributed by atoms with Crippen molar-refractivity contribution in [3.8, 4) is 0 Å². The number of allylic oxidation sites excluding steroid dienone is 1. The van der Waals surface area contributed by atoms with Crippen molar-refractivity contribution < 1.29 is 28.5 Å². The first-order valence-corrected chi connectivity index (χ1v) is 21.4. The lowest BCUT2D eigenvalue weighted by molar-refractivity contribution is -0.178. The van der Waals surface area contributed by atoms with Crippen LogP contribution in [0.4, 0.5) is 0 Å². The molecular weight excluding hydrogens is 573 g/mol. The molecule has 0 saturated carbocycles. The highest BCUT2D eigenvalue weighted by Crippen LogP contribution is 2.56. The van der Waals surface area contributed by atoms with Crippen LogP contribution in [0.25, 0.3) is 0 Å². The van der Waals surface area contributed by atoms with E-state index in [1.54, 1.807) is 0 Å². The van der Waals surface area contributed by atoms with E-state index in [9.17, 15) is 9.59 Å². The quantitative estimate of drug-likeness (QED) is 0.146. The van der Waals surface area contributed by atoms with E-state index in [-0.39, 0.29) is 23.6 Å². The second-order valence-corrected chi connectivity index (χ2v) is 23.4. The zero-order valence-electron chi connectivity index (χ0n) is 27.5. The van der Waals surface area contributed by atoms with Crippen molar-refractivity contribution in [3.05, 3.63) is 83.1 Å². The lowest BCUT2D eigenvalue weighted by Gasteiger charge is -2.55. The molecule has 1 aliphatic heterocycles. The average molecular weight is 625 g/mol. The van der Waals surface area contributed by atoms with Crippen molar-refractivity contribution in [2.75, 3.05) is 14.2 Å². The maximum absolute atomic E-state index is 13.0. The standard InChI is InChI=1S/C35H52O6Si2/c1-9-42(10-2,11-3)35(43(12-4,13-5)14-6)31-29(27-20-22-28(23-21-27)32(36)38-7)24-30(33(37)39-8)41-34(31)40-25-26-18-16-15-17-19-26/h15-24,29,31,34-35H,9-14,25H2,1-8H3/t29-,31-,34+/m1/s1. The zero-order valence-corrected chi connectivity index (χ0v) is 29.5. The summed E-state index contributed by atoms with van der Waals surface area (Å²) in [6.07, 6.45) is 1.35. The highest BCUT2D eigenvalue weighted by Gasteiger charge is 2.57. The van der Waals surface area contributed by atoms with Crippen LogP contribution in [0.2, 0.25) is 41.4 Å². The predicted octanol–water partition coefficient (Wildman–Crippen LogP) is 8.73. The highest BCUT2D eigenvalue weighted by atomic mass is 28.4. The molecule has 236 valence electrons. The van der Waals surface area contributed by atoms with Crippen LogP contribution < -0.4 is 0 Å². The number of methoxy groups -OCH3 is 2. The number of carbonyl (C=O) groups excluding carboxylic acids is 2. The first kappa shape index (κ1) is 34.8. The molecule has 8 heteroatoms. The molecule has 43 heavy (non-hydrogen) atoms. The molecule has 0 amide bonds. The first-order valence-electron chi connectivity index (χ1n) is 16.0. The first-order chi connectivity index (χ1) is 20.7. The van der Waals surface area contributed by atoms with E-state index in [2.05, 4.69) is 53.7 Å². The molecule has 0 aliphatic carbocycles. The Morgan fingerprint density at radius 2 is 1.26 bits per heavy atom. The average Bonchev–Trinajstić information content (AvgIpc) is 3.07. The Labute approximate surface area is 261 Å². The second-order valence-electron chi connectivity index (χ2n) is 11.8. The van der Waals surface area contributed by atoms with E-state index in [4.69, 9.17) is 18.9 Å². The molecule has 0 fully saturated rings. The van der Waals surface area contributed by atoms with Crippen molar-refractivity contribution >= 4 is 28.1 Å². The molecule has 1 aliphatic rings. The molecule has 6 nitrogen and oxygen atoms in total. The van der Waals surface area contributed by atoms with Gasteiger partial charge in [0.25, 0.3) is 0 Å². The van der Waals surface area contributed by atoms with Gasteiger partial charge in [-0.3, -0.25) is 0 Å². The van der Waals surface area contributed by atoms with Gasteiger partial charge in [-0.15, -0.1) is 0 Å². The monoisotopic (exact) mass is 624 g/mol. The minimum Gasteiger partial charge on any atom is -0.465 e. The van der Waals surface area contributed by atoms with E-state index in [1.165, 1.54) is 50.5 Å². The Morgan fingerprint density at radius 1 is 0.744 bits per heavy atom. The van der Waals surface area contributed by atoms with Crippen LogP contribution in [0.5, 0.6) is 0 Å². The lowest BCUT2D eigenvalue weighted by Crippen LogP contribution is -2.59. The summed E-state index contributed by atoms with van der Waals surface area (Å²) in [6.45, 7) is 14.8. The van der Waals surface area contributed by atoms with Crippen LogP contribution in [0.15, 0.2) is 66.4 Å². The zero-order chi connectivity index (χ0) is 31.6. The normalized spacial score (nSPS) is 19.0. The number of hydrogen-bond donors (Lipinski definition) is 0. The molecule has 0 aromatic heterocycles. The molecule has 1 heterocycles. The third-order valence-electron chi connectivity index (χ3n) is 10.6. The number of benzene rings is 2. The number of esters is 2. The van der Waals surface area contributed by atoms with Crippen LogP contribution in [0.3, 0.4) is 0 Å². The van der Waals surface area contributed by atoms with E-state index >= 15 is 0 Å². The molecule has 0 radical (unpaired) electrons. The summed E-state index contributed by atoms with van der Waals surface area (Å²) in [7, 11) is -0.959. The van der Waals surface area contributed by atoms with Gasteiger partial charge in [-0.1, -0.05) is 120 Å². The van der Waals surface area contributed by atoms with Crippen molar-refractivity contribution in [1.29, 1.82) is 0 Å². The summed E-state index contributed by atoms with van der Waals surface area (Å²) in [5, 5.41) is 0.488. The van der Waals surface area contributed by atoms with Crippen LogP contribution in [-0.4, -0.2) is 48.6 Å². The van der Waals surface area contributed by atoms with Gasteiger partial charge in [-0.25, -0.2) is 9.59 Å². The van der Waals surface area contributed by atoms with Gasteiger partial charge in [-0.05, 0) is 34.5 Å². The molecule has 3 rings (SSSR count). The Kier molecular flexibility index (Phi) is 12.8. The van der Waals surface area contributed by atoms with Gasteiger partial charge in [0.2, 0.25) is 12.0 Å². The third-order valence-corrected chi connectivity index (χ3v) is 26.1. The van der Waals surface area contributed by atoms with Gasteiger partial charge in [0.1, 0.15) is 0 Å². The Hall–Kier alpha value is -2.69. The Bertz CT molecular complexity index is 1170. The summed E-state index contributed by atoms with van der Waals surface area (Å²) in [6, 6.07) is 25.0. The fourth-order valence-electron chi connectivity index (χ4n) is 7.73. The second kappa shape index (κ2) is 15.9. The molecule has 2 aromatic rings. The fraction of sp³-hybridized carbons (Fsp3) is 0.543. The molecule has 0 unspecified atom stereocenters. The summed E-state index contributed by atoms with van der Waals surface area (Å²) >= 11 is 0. The van der Waals surface area contributed by atoms with Gasteiger partial charge in [-0.2, -0.15) is 0 Å². The maximum atomic E-state index is 13.0. The Balaban J connectivity index is 2.32. The van der Waals surface area contributed by atoms with E-state index in [0.29, 0.717) is 17.3 Å². The maximum Gasteiger partial charge on any atom is 0.373 e. The van der Waals surface area contributed by atoms with E-state index in [0.717, 1.165) is 11.1 Å². The lowest BCUT2D eigenvalue weighted by atomic mass is 9.83. The molecular formula is C35H52O6Si2. The van der Waals surface area contributed by atoms with Crippen molar-refractivity contribution in [2.45, 2.75) is 102 Å². The minimum atomic E-state index is -1.87. The summed E-state index contributed by atoms with van der Waals surface area (Å²) < 4.78 is 23.5. The summed E-state index contributed by atoms with van der Waals surface area (Å²) in [4.78, 5) is 25.3. The highest BCUT2D eigenvalue weighted by molar-refractivity contribution is 6.99. The SMILES string of the molecule is CC[Si](CC)(CC)C([C@H]1[C@@H](OCc2ccccc2)OC(C(=O)OC)=C[C@@H]1c1ccc(C(=O)OC)cc1)[Si](CC)(CC)CC. The molecule has 0 spiro atoms. The van der Waals surface area contributed by atoms with Gasteiger partial charge in [0.05, 0.1) is 42.5 Å². The third kappa shape index (κ3) is 7.35. The van der Waals surface area contributed by atoms with Gasteiger partial charge < -0.3 is 18.9 Å². The summed E-state index contributed by atoms with van der Waals surface area (Å²) in [5.41, 5.74) is 2.60. The van der Waals surface area contributed by atoms with Crippen molar-refractivity contribution in [2.24, 2.45) is 5.92 Å². The number of rotatable bonds is 15. The van der Waals surface area contributed by atoms with E-state index < -0.39 is 28.4 Å². The molecule has 3 atom stereocenters. The van der Waals surface area contributed by atoms with Gasteiger partial charge in [0, 0.05) is 11.8 Å². The van der Waals surface area contributed by atoms with Crippen molar-refractivity contribution in [1.82, 2.24) is 0 Å². The molecule has 0 bridgehead atoms. The predicted molar refractivity (Wildman–Crippen MR) is 178 cm³/mol.